The van der Waals surface area contributed by atoms with Gasteiger partial charge in [-0.2, -0.15) is 0 Å². The third-order valence-corrected chi connectivity index (χ3v) is 3.17. The van der Waals surface area contributed by atoms with Gasteiger partial charge in [-0.05, 0) is 30.7 Å². The molecule has 4 heteroatoms. The van der Waals surface area contributed by atoms with E-state index in [1.54, 1.807) is 0 Å². The van der Waals surface area contributed by atoms with E-state index >= 15 is 0 Å². The maximum Gasteiger partial charge on any atom is 0.303 e. The van der Waals surface area contributed by atoms with Gasteiger partial charge in [-0.25, -0.2) is 0 Å². The zero-order valence-electron chi connectivity index (χ0n) is 10.9. The Hall–Kier alpha value is -1.84. The summed E-state index contributed by atoms with van der Waals surface area (Å²) in [7, 11) is 0. The van der Waals surface area contributed by atoms with Gasteiger partial charge in [0.25, 0.3) is 0 Å². The van der Waals surface area contributed by atoms with Gasteiger partial charge in [0.2, 0.25) is 0 Å². The highest BCUT2D eigenvalue weighted by atomic mass is 16.4. The number of rotatable bonds is 9. The topological polar surface area (TPSA) is 74.6 Å². The summed E-state index contributed by atoms with van der Waals surface area (Å²) in [5, 5.41) is 17.4. The number of benzene rings is 1. The molecule has 1 aromatic carbocycles. The van der Waals surface area contributed by atoms with Crippen LogP contribution in [0.3, 0.4) is 0 Å². The molecule has 0 saturated carbocycles. The molecule has 0 spiro atoms. The minimum absolute atomic E-state index is 0.151. The molecular formula is C15H20O4. The van der Waals surface area contributed by atoms with E-state index in [1.165, 1.54) is 0 Å². The predicted octanol–water partition coefficient (Wildman–Crippen LogP) is 3.28. The molecule has 2 N–H and O–H groups in total. The fourth-order valence-electron chi connectivity index (χ4n) is 2.17. The van der Waals surface area contributed by atoms with Crippen LogP contribution < -0.4 is 0 Å². The van der Waals surface area contributed by atoms with Crippen molar-refractivity contribution in [3.8, 4) is 0 Å². The number of hydrogen-bond donors (Lipinski definition) is 2. The molecule has 1 rings (SSSR count). The Morgan fingerprint density at radius 3 is 2.11 bits per heavy atom. The Bertz CT molecular complexity index is 400. The van der Waals surface area contributed by atoms with E-state index in [9.17, 15) is 9.59 Å². The Balaban J connectivity index is 2.50. The molecule has 0 radical (unpaired) electrons. The standard InChI is InChI=1S/C15H20O4/c16-14(17)9-5-4-8-13(10-11-15(18)19)12-6-2-1-3-7-12/h1-3,6-7,13H,4-5,8-11H2,(H,16,17)(H,18,19). The summed E-state index contributed by atoms with van der Waals surface area (Å²) in [6.07, 6.45) is 3.23. The largest absolute Gasteiger partial charge is 0.481 e. The van der Waals surface area contributed by atoms with Crippen LogP contribution in [0, 0.1) is 0 Å². The first-order valence-electron chi connectivity index (χ1n) is 6.58. The van der Waals surface area contributed by atoms with Crippen molar-refractivity contribution in [2.75, 3.05) is 0 Å². The first-order chi connectivity index (χ1) is 9.09. The fraction of sp³-hybridized carbons (Fsp3) is 0.467. The normalized spacial score (nSPS) is 12.0. The molecule has 1 aromatic rings. The number of carboxylic acids is 2. The Labute approximate surface area is 113 Å². The van der Waals surface area contributed by atoms with Crippen molar-refractivity contribution >= 4 is 11.9 Å². The van der Waals surface area contributed by atoms with Gasteiger partial charge in [0, 0.05) is 12.8 Å². The molecule has 0 heterocycles. The Kier molecular flexibility index (Phi) is 6.64. The van der Waals surface area contributed by atoms with Crippen molar-refractivity contribution in [3.05, 3.63) is 35.9 Å². The van der Waals surface area contributed by atoms with Crippen LogP contribution in [0.2, 0.25) is 0 Å². The SMILES string of the molecule is O=C(O)CCCCC(CCC(=O)O)c1ccccc1. The molecule has 0 fully saturated rings. The molecule has 1 unspecified atom stereocenters. The smallest absolute Gasteiger partial charge is 0.303 e. The highest BCUT2D eigenvalue weighted by molar-refractivity contribution is 5.67. The van der Waals surface area contributed by atoms with Crippen molar-refractivity contribution in [2.45, 2.75) is 44.4 Å². The van der Waals surface area contributed by atoms with E-state index in [0.29, 0.717) is 12.8 Å². The molecule has 0 bridgehead atoms. The molecule has 0 amide bonds. The van der Waals surface area contributed by atoms with Crippen LogP contribution in [0.1, 0.15) is 50.0 Å². The number of carboxylic acid groups (broad SMARTS) is 2. The minimum Gasteiger partial charge on any atom is -0.481 e. The maximum absolute atomic E-state index is 10.7. The van der Waals surface area contributed by atoms with E-state index in [2.05, 4.69) is 0 Å². The van der Waals surface area contributed by atoms with Crippen LogP contribution in [0.5, 0.6) is 0 Å². The van der Waals surface area contributed by atoms with Crippen LogP contribution >= 0.6 is 0 Å². The lowest BCUT2D eigenvalue weighted by atomic mass is 9.89. The van der Waals surface area contributed by atoms with Crippen LogP contribution in [0.25, 0.3) is 0 Å². The maximum atomic E-state index is 10.7. The Morgan fingerprint density at radius 2 is 1.53 bits per heavy atom. The third-order valence-electron chi connectivity index (χ3n) is 3.17. The summed E-state index contributed by atoms with van der Waals surface area (Å²) in [5.41, 5.74) is 1.14. The number of carbonyl (C=O) groups is 2. The molecule has 4 nitrogen and oxygen atoms in total. The van der Waals surface area contributed by atoms with E-state index in [4.69, 9.17) is 10.2 Å². The first kappa shape index (κ1) is 15.2. The van der Waals surface area contributed by atoms with Crippen molar-refractivity contribution in [1.82, 2.24) is 0 Å². The molecule has 0 aliphatic rings. The van der Waals surface area contributed by atoms with Crippen molar-refractivity contribution in [1.29, 1.82) is 0 Å². The summed E-state index contributed by atoms with van der Waals surface area (Å²) >= 11 is 0. The lowest BCUT2D eigenvalue weighted by molar-refractivity contribution is -0.138. The molecule has 1 atom stereocenters. The second-order valence-electron chi connectivity index (χ2n) is 4.68. The summed E-state index contributed by atoms with van der Waals surface area (Å²) < 4.78 is 0. The van der Waals surface area contributed by atoms with E-state index in [-0.39, 0.29) is 18.8 Å². The van der Waals surface area contributed by atoms with Crippen molar-refractivity contribution in [3.63, 3.8) is 0 Å². The van der Waals surface area contributed by atoms with Gasteiger partial charge in [0.05, 0.1) is 0 Å². The zero-order valence-corrected chi connectivity index (χ0v) is 10.9. The van der Waals surface area contributed by atoms with Gasteiger partial charge in [0.1, 0.15) is 0 Å². The van der Waals surface area contributed by atoms with Crippen LogP contribution in [-0.2, 0) is 9.59 Å². The van der Waals surface area contributed by atoms with Gasteiger partial charge < -0.3 is 10.2 Å². The lowest BCUT2D eigenvalue weighted by Crippen LogP contribution is -2.04. The quantitative estimate of drug-likeness (QED) is 0.671. The van der Waals surface area contributed by atoms with Crippen LogP contribution in [-0.4, -0.2) is 22.2 Å². The minimum atomic E-state index is -0.786. The zero-order chi connectivity index (χ0) is 14.1. The molecular weight excluding hydrogens is 244 g/mol. The molecule has 0 saturated heterocycles. The van der Waals surface area contributed by atoms with E-state index < -0.39 is 11.9 Å². The van der Waals surface area contributed by atoms with Crippen LogP contribution in [0.4, 0.5) is 0 Å². The monoisotopic (exact) mass is 264 g/mol. The van der Waals surface area contributed by atoms with Gasteiger partial charge in [-0.15, -0.1) is 0 Å². The number of aliphatic carboxylic acids is 2. The Morgan fingerprint density at radius 1 is 0.895 bits per heavy atom. The highest BCUT2D eigenvalue weighted by Crippen LogP contribution is 2.27. The number of hydrogen-bond acceptors (Lipinski definition) is 2. The summed E-state index contributed by atoms with van der Waals surface area (Å²) in [6.45, 7) is 0. The molecule has 104 valence electrons. The molecule has 0 aliphatic heterocycles. The van der Waals surface area contributed by atoms with Gasteiger partial charge in [-0.1, -0.05) is 36.8 Å². The van der Waals surface area contributed by atoms with E-state index in [0.717, 1.165) is 18.4 Å². The predicted molar refractivity (Wildman–Crippen MR) is 72.2 cm³/mol. The molecule has 19 heavy (non-hydrogen) atoms. The average molecular weight is 264 g/mol. The van der Waals surface area contributed by atoms with Gasteiger partial charge >= 0.3 is 11.9 Å². The first-order valence-corrected chi connectivity index (χ1v) is 6.58. The van der Waals surface area contributed by atoms with Gasteiger partial charge in [0.15, 0.2) is 0 Å². The third kappa shape index (κ3) is 6.60. The molecule has 0 aliphatic carbocycles. The van der Waals surface area contributed by atoms with Crippen molar-refractivity contribution in [2.24, 2.45) is 0 Å². The van der Waals surface area contributed by atoms with Gasteiger partial charge in [-0.3, -0.25) is 9.59 Å². The second kappa shape index (κ2) is 8.29. The van der Waals surface area contributed by atoms with Crippen molar-refractivity contribution < 1.29 is 19.8 Å². The fourth-order valence-corrected chi connectivity index (χ4v) is 2.17. The van der Waals surface area contributed by atoms with Crippen LogP contribution in [0.15, 0.2) is 30.3 Å². The second-order valence-corrected chi connectivity index (χ2v) is 4.68. The lowest BCUT2D eigenvalue weighted by Gasteiger charge is -2.16. The average Bonchev–Trinajstić information content (AvgIpc) is 2.38. The van der Waals surface area contributed by atoms with E-state index in [1.807, 2.05) is 30.3 Å². The highest BCUT2D eigenvalue weighted by Gasteiger charge is 2.13. The molecule has 0 aromatic heterocycles. The summed E-state index contributed by atoms with van der Waals surface area (Å²) in [5.74, 6) is -1.36. The number of unbranched alkanes of at least 4 members (excludes halogenated alkanes) is 1. The summed E-state index contributed by atoms with van der Waals surface area (Å²) in [6, 6.07) is 9.83. The summed E-state index contributed by atoms with van der Waals surface area (Å²) in [4.78, 5) is 21.1.